The summed E-state index contributed by atoms with van der Waals surface area (Å²) in [5, 5.41) is 9.84. The van der Waals surface area contributed by atoms with E-state index >= 15 is 0 Å². The van der Waals surface area contributed by atoms with Crippen molar-refractivity contribution in [3.8, 4) is 0 Å². The van der Waals surface area contributed by atoms with Crippen molar-refractivity contribution in [2.24, 2.45) is 0 Å². The van der Waals surface area contributed by atoms with Crippen LogP contribution in [0.15, 0.2) is 24.3 Å². The number of hydrogen-bond acceptors (Lipinski definition) is 6. The lowest BCUT2D eigenvalue weighted by molar-refractivity contribution is 0.816. The summed E-state index contributed by atoms with van der Waals surface area (Å²) in [6.45, 7) is 8.11. The fraction of sp³-hybridized carbons (Fsp3) is 0.500. The Hall–Kier alpha value is -2.37. The van der Waals surface area contributed by atoms with E-state index in [0.717, 1.165) is 50.0 Å². The summed E-state index contributed by atoms with van der Waals surface area (Å²) in [6, 6.07) is 8.10. The minimum atomic E-state index is 0.553. The summed E-state index contributed by atoms with van der Waals surface area (Å²) in [6.07, 6.45) is 4.44. The second-order valence-electron chi connectivity index (χ2n) is 5.81. The Morgan fingerprint density at radius 3 is 1.88 bits per heavy atom. The molecule has 0 saturated carbocycles. The number of hydrogen-bond donors (Lipinski definition) is 3. The van der Waals surface area contributed by atoms with E-state index in [2.05, 4.69) is 57.7 Å². The highest BCUT2D eigenvalue weighted by Crippen LogP contribution is 2.19. The quantitative estimate of drug-likeness (QED) is 0.563. The third-order valence-corrected chi connectivity index (χ3v) is 3.65. The van der Waals surface area contributed by atoms with Crippen LogP contribution in [0.5, 0.6) is 0 Å². The molecular formula is C18H28N6. The van der Waals surface area contributed by atoms with E-state index in [1.165, 1.54) is 0 Å². The number of unbranched alkanes of at least 4 members (excludes halogenated alkanes) is 2. The molecule has 0 unspecified atom stereocenters. The lowest BCUT2D eigenvalue weighted by Gasteiger charge is -2.12. The molecule has 6 heteroatoms. The average Bonchev–Trinajstić information content (AvgIpc) is 2.57. The van der Waals surface area contributed by atoms with Crippen molar-refractivity contribution in [1.29, 1.82) is 0 Å². The first kappa shape index (κ1) is 18.0. The summed E-state index contributed by atoms with van der Waals surface area (Å²) in [5.74, 6) is 1.76. The van der Waals surface area contributed by atoms with Crippen LogP contribution in [0.2, 0.25) is 0 Å². The summed E-state index contributed by atoms with van der Waals surface area (Å²) in [4.78, 5) is 13.4. The highest BCUT2D eigenvalue weighted by Gasteiger charge is 2.07. The monoisotopic (exact) mass is 328 g/mol. The van der Waals surface area contributed by atoms with E-state index in [9.17, 15) is 0 Å². The number of nitrogens with one attached hydrogen (secondary N) is 3. The van der Waals surface area contributed by atoms with E-state index < -0.39 is 0 Å². The zero-order valence-electron chi connectivity index (χ0n) is 14.9. The molecular weight excluding hydrogens is 300 g/mol. The molecule has 0 bridgehead atoms. The van der Waals surface area contributed by atoms with Gasteiger partial charge in [-0.2, -0.15) is 15.0 Å². The van der Waals surface area contributed by atoms with Crippen molar-refractivity contribution in [3.63, 3.8) is 0 Å². The molecule has 0 fully saturated rings. The number of anilines is 4. The van der Waals surface area contributed by atoms with Crippen molar-refractivity contribution < 1.29 is 0 Å². The lowest BCUT2D eigenvalue weighted by atomic mass is 10.2. The molecule has 1 heterocycles. The van der Waals surface area contributed by atoms with Crippen molar-refractivity contribution >= 4 is 23.5 Å². The Balaban J connectivity index is 2.16. The van der Waals surface area contributed by atoms with Gasteiger partial charge < -0.3 is 16.0 Å². The van der Waals surface area contributed by atoms with Gasteiger partial charge in [0.25, 0.3) is 0 Å². The Labute approximate surface area is 144 Å². The molecule has 0 saturated heterocycles. The Kier molecular flexibility index (Phi) is 7.26. The number of rotatable bonds is 10. The third kappa shape index (κ3) is 5.68. The molecule has 0 aliphatic heterocycles. The maximum Gasteiger partial charge on any atom is 0.233 e. The fourth-order valence-corrected chi connectivity index (χ4v) is 2.18. The smallest absolute Gasteiger partial charge is 0.233 e. The summed E-state index contributed by atoms with van der Waals surface area (Å²) >= 11 is 0. The molecule has 2 aromatic rings. The van der Waals surface area contributed by atoms with E-state index in [-0.39, 0.29) is 0 Å². The molecule has 0 atom stereocenters. The van der Waals surface area contributed by atoms with Crippen LogP contribution >= 0.6 is 0 Å². The van der Waals surface area contributed by atoms with Gasteiger partial charge >= 0.3 is 0 Å². The number of para-hydroxylation sites is 1. The van der Waals surface area contributed by atoms with Gasteiger partial charge in [-0.1, -0.05) is 44.9 Å². The second kappa shape index (κ2) is 9.70. The van der Waals surface area contributed by atoms with Gasteiger partial charge in [-0.15, -0.1) is 0 Å². The van der Waals surface area contributed by atoms with Crippen LogP contribution in [0.3, 0.4) is 0 Å². The third-order valence-electron chi connectivity index (χ3n) is 3.65. The molecule has 1 aromatic carbocycles. The van der Waals surface area contributed by atoms with E-state index in [1.807, 2.05) is 18.2 Å². The highest BCUT2D eigenvalue weighted by molar-refractivity contribution is 5.59. The molecule has 0 aliphatic rings. The molecule has 6 nitrogen and oxygen atoms in total. The molecule has 24 heavy (non-hydrogen) atoms. The topological polar surface area (TPSA) is 74.8 Å². The van der Waals surface area contributed by atoms with Gasteiger partial charge in [0.15, 0.2) is 0 Å². The predicted octanol–water partition coefficient (Wildman–Crippen LogP) is 4.35. The molecule has 0 amide bonds. The van der Waals surface area contributed by atoms with Gasteiger partial charge in [0.1, 0.15) is 0 Å². The molecule has 0 aliphatic carbocycles. The molecule has 0 radical (unpaired) electrons. The first-order chi connectivity index (χ1) is 11.7. The average molecular weight is 328 g/mol. The van der Waals surface area contributed by atoms with Gasteiger partial charge in [-0.25, -0.2) is 0 Å². The van der Waals surface area contributed by atoms with E-state index in [4.69, 9.17) is 0 Å². The number of aryl methyl sites for hydroxylation is 1. The largest absolute Gasteiger partial charge is 0.354 e. The number of nitrogens with zero attached hydrogens (tertiary/aromatic N) is 3. The standard InChI is InChI=1S/C18H28N6/c1-4-6-12-19-16-22-17(20-13-7-5-2)24-18(23-16)21-15-11-9-8-10-14(15)3/h8-11H,4-7,12-13H2,1-3H3,(H3,19,20,21,22,23,24). The zero-order chi connectivity index (χ0) is 17.2. The maximum atomic E-state index is 4.49. The first-order valence-electron chi connectivity index (χ1n) is 8.79. The van der Waals surface area contributed by atoms with Crippen LogP contribution < -0.4 is 16.0 Å². The Morgan fingerprint density at radius 1 is 0.792 bits per heavy atom. The molecule has 3 N–H and O–H groups in total. The van der Waals surface area contributed by atoms with Crippen LogP contribution in [0.1, 0.15) is 45.1 Å². The van der Waals surface area contributed by atoms with Gasteiger partial charge in [-0.05, 0) is 31.4 Å². The van der Waals surface area contributed by atoms with E-state index in [0.29, 0.717) is 17.8 Å². The van der Waals surface area contributed by atoms with Crippen LogP contribution in [0.4, 0.5) is 23.5 Å². The molecule has 2 rings (SSSR count). The van der Waals surface area contributed by atoms with Gasteiger partial charge in [0, 0.05) is 18.8 Å². The molecule has 0 spiro atoms. The normalized spacial score (nSPS) is 10.5. The van der Waals surface area contributed by atoms with E-state index in [1.54, 1.807) is 0 Å². The van der Waals surface area contributed by atoms with Gasteiger partial charge in [0.2, 0.25) is 17.8 Å². The van der Waals surface area contributed by atoms with Crippen molar-refractivity contribution in [2.45, 2.75) is 46.5 Å². The minimum Gasteiger partial charge on any atom is -0.354 e. The van der Waals surface area contributed by atoms with Crippen LogP contribution in [0, 0.1) is 6.92 Å². The Morgan fingerprint density at radius 2 is 1.33 bits per heavy atom. The highest BCUT2D eigenvalue weighted by atomic mass is 15.3. The molecule has 130 valence electrons. The van der Waals surface area contributed by atoms with Gasteiger partial charge in [0.05, 0.1) is 0 Å². The fourth-order valence-electron chi connectivity index (χ4n) is 2.18. The summed E-state index contributed by atoms with van der Waals surface area (Å²) < 4.78 is 0. The van der Waals surface area contributed by atoms with Crippen LogP contribution in [0.25, 0.3) is 0 Å². The van der Waals surface area contributed by atoms with Crippen LogP contribution in [-0.4, -0.2) is 28.0 Å². The minimum absolute atomic E-state index is 0.553. The summed E-state index contributed by atoms with van der Waals surface area (Å²) in [7, 11) is 0. The zero-order valence-corrected chi connectivity index (χ0v) is 14.9. The Bertz CT molecular complexity index is 600. The van der Waals surface area contributed by atoms with Crippen molar-refractivity contribution in [2.75, 3.05) is 29.0 Å². The SMILES string of the molecule is CCCCNc1nc(NCCCC)nc(Nc2ccccc2C)n1. The van der Waals surface area contributed by atoms with Crippen molar-refractivity contribution in [3.05, 3.63) is 29.8 Å². The summed E-state index contributed by atoms with van der Waals surface area (Å²) in [5.41, 5.74) is 2.15. The number of aromatic nitrogens is 3. The van der Waals surface area contributed by atoms with Crippen molar-refractivity contribution in [1.82, 2.24) is 15.0 Å². The predicted molar refractivity (Wildman–Crippen MR) is 101 cm³/mol. The van der Waals surface area contributed by atoms with Gasteiger partial charge in [-0.3, -0.25) is 0 Å². The first-order valence-corrected chi connectivity index (χ1v) is 8.79. The number of benzene rings is 1. The molecule has 1 aromatic heterocycles. The maximum absolute atomic E-state index is 4.49. The lowest BCUT2D eigenvalue weighted by Crippen LogP contribution is -2.12. The van der Waals surface area contributed by atoms with Crippen LogP contribution in [-0.2, 0) is 0 Å². The second-order valence-corrected chi connectivity index (χ2v) is 5.81.